The van der Waals surface area contributed by atoms with E-state index in [0.29, 0.717) is 10.5 Å². The molecular formula is C19H16F2N4O5. The lowest BCUT2D eigenvalue weighted by molar-refractivity contribution is -0.384. The van der Waals surface area contributed by atoms with Crippen molar-refractivity contribution >= 4 is 29.2 Å². The zero-order valence-electron chi connectivity index (χ0n) is 15.9. The van der Waals surface area contributed by atoms with Crippen LogP contribution in [0.3, 0.4) is 0 Å². The molecule has 2 N–H and O–H groups in total. The topological polar surface area (TPSA) is 122 Å². The van der Waals surface area contributed by atoms with Gasteiger partial charge in [-0.15, -0.1) is 0 Å². The molecule has 2 aromatic carbocycles. The first-order valence-corrected chi connectivity index (χ1v) is 8.67. The summed E-state index contributed by atoms with van der Waals surface area (Å²) in [5.41, 5.74) is -1.86. The Balaban J connectivity index is 1.81. The van der Waals surface area contributed by atoms with Gasteiger partial charge in [0.25, 0.3) is 11.6 Å². The molecule has 0 radical (unpaired) electrons. The predicted octanol–water partition coefficient (Wildman–Crippen LogP) is 2.59. The van der Waals surface area contributed by atoms with Crippen LogP contribution >= 0.6 is 0 Å². The zero-order chi connectivity index (χ0) is 22.2. The number of rotatable bonds is 5. The predicted molar refractivity (Wildman–Crippen MR) is 100 cm³/mol. The summed E-state index contributed by atoms with van der Waals surface area (Å²) in [5.74, 6) is -3.44. The largest absolute Gasteiger partial charge is 0.325 e. The van der Waals surface area contributed by atoms with Crippen LogP contribution in [0.15, 0.2) is 36.4 Å². The normalized spacial score (nSPS) is 18.3. The van der Waals surface area contributed by atoms with Gasteiger partial charge in [-0.3, -0.25) is 24.6 Å². The minimum Gasteiger partial charge on any atom is -0.324 e. The molecule has 0 aromatic heterocycles. The molecule has 2 aromatic rings. The van der Waals surface area contributed by atoms with Crippen molar-refractivity contribution in [2.45, 2.75) is 19.4 Å². The van der Waals surface area contributed by atoms with E-state index < -0.39 is 46.5 Å². The number of hydrogen-bond acceptors (Lipinski definition) is 5. The Labute approximate surface area is 168 Å². The Kier molecular flexibility index (Phi) is 5.21. The molecule has 9 nitrogen and oxygen atoms in total. The third kappa shape index (κ3) is 3.69. The number of nitrogens with zero attached hydrogens (tertiary/aromatic N) is 2. The summed E-state index contributed by atoms with van der Waals surface area (Å²) >= 11 is 0. The van der Waals surface area contributed by atoms with Crippen molar-refractivity contribution in [1.82, 2.24) is 10.2 Å². The summed E-state index contributed by atoms with van der Waals surface area (Å²) in [7, 11) is 0. The van der Waals surface area contributed by atoms with Gasteiger partial charge in [0.05, 0.1) is 10.6 Å². The average Bonchev–Trinajstić information content (AvgIpc) is 2.89. The molecule has 1 unspecified atom stereocenters. The van der Waals surface area contributed by atoms with Gasteiger partial charge in [-0.05, 0) is 37.6 Å². The van der Waals surface area contributed by atoms with E-state index in [9.17, 15) is 33.3 Å². The van der Waals surface area contributed by atoms with Crippen molar-refractivity contribution in [3.63, 3.8) is 0 Å². The van der Waals surface area contributed by atoms with Crippen LogP contribution in [0.25, 0.3) is 0 Å². The lowest BCUT2D eigenvalue weighted by atomic mass is 9.91. The summed E-state index contributed by atoms with van der Waals surface area (Å²) in [6.07, 6.45) is 0. The highest BCUT2D eigenvalue weighted by atomic mass is 19.1. The van der Waals surface area contributed by atoms with Crippen molar-refractivity contribution in [3.05, 3.63) is 69.3 Å². The number of anilines is 1. The van der Waals surface area contributed by atoms with Crippen LogP contribution in [0, 0.1) is 28.7 Å². The maximum Gasteiger partial charge on any atom is 0.325 e. The van der Waals surface area contributed by atoms with E-state index in [1.165, 1.54) is 19.1 Å². The second-order valence-electron chi connectivity index (χ2n) is 6.88. The monoisotopic (exact) mass is 418 g/mol. The van der Waals surface area contributed by atoms with Gasteiger partial charge < -0.3 is 10.6 Å². The number of nitro groups is 1. The number of nitro benzene ring substituents is 1. The maximum atomic E-state index is 14.2. The molecule has 1 saturated heterocycles. The summed E-state index contributed by atoms with van der Waals surface area (Å²) in [6.45, 7) is 2.09. The first-order chi connectivity index (χ1) is 14.0. The third-order valence-corrected chi connectivity index (χ3v) is 4.75. The number of non-ortho nitro benzene ring substituents is 1. The smallest absolute Gasteiger partial charge is 0.324 e. The fourth-order valence-electron chi connectivity index (χ4n) is 3.10. The standard InChI is InChI=1S/C19H16F2N4O5/c1-10-3-5-12(25(29)30)8-15(10)22-16(26)9-24-17(27)19(2,23-18(24)28)13-7-11(20)4-6-14(13)21/h3-8H,9H2,1-2H3,(H,22,26)(H,23,28). The zero-order valence-corrected chi connectivity index (χ0v) is 15.9. The highest BCUT2D eigenvalue weighted by Gasteiger charge is 2.50. The number of benzene rings is 2. The molecule has 156 valence electrons. The highest BCUT2D eigenvalue weighted by Crippen LogP contribution is 2.31. The molecule has 1 atom stereocenters. The molecule has 3 rings (SSSR count). The molecule has 1 aliphatic rings. The summed E-state index contributed by atoms with van der Waals surface area (Å²) in [4.78, 5) is 48.3. The number of aryl methyl sites for hydroxylation is 1. The Morgan fingerprint density at radius 3 is 2.60 bits per heavy atom. The lowest BCUT2D eigenvalue weighted by Gasteiger charge is -2.22. The van der Waals surface area contributed by atoms with Crippen molar-refractivity contribution in [2.75, 3.05) is 11.9 Å². The van der Waals surface area contributed by atoms with Crippen LogP contribution in [0.2, 0.25) is 0 Å². The summed E-state index contributed by atoms with van der Waals surface area (Å²) in [5, 5.41) is 15.6. The van der Waals surface area contributed by atoms with Crippen LogP contribution in [0.4, 0.5) is 25.0 Å². The van der Waals surface area contributed by atoms with Crippen molar-refractivity contribution in [1.29, 1.82) is 0 Å². The fourth-order valence-corrected chi connectivity index (χ4v) is 3.10. The molecule has 0 saturated carbocycles. The molecule has 11 heteroatoms. The number of nitrogens with one attached hydrogen (secondary N) is 2. The van der Waals surface area contributed by atoms with Gasteiger partial charge in [-0.2, -0.15) is 0 Å². The molecule has 0 spiro atoms. The van der Waals surface area contributed by atoms with E-state index in [-0.39, 0.29) is 16.9 Å². The minimum absolute atomic E-state index is 0.139. The number of halogens is 2. The highest BCUT2D eigenvalue weighted by molar-refractivity contribution is 6.10. The van der Waals surface area contributed by atoms with Gasteiger partial charge in [0, 0.05) is 17.7 Å². The van der Waals surface area contributed by atoms with E-state index in [1.807, 2.05) is 0 Å². The molecule has 1 fully saturated rings. The van der Waals surface area contributed by atoms with Gasteiger partial charge in [0.2, 0.25) is 5.91 Å². The molecule has 4 amide bonds. The molecular weight excluding hydrogens is 402 g/mol. The van der Waals surface area contributed by atoms with Gasteiger partial charge in [0.1, 0.15) is 23.7 Å². The number of hydrogen-bond donors (Lipinski definition) is 2. The quantitative estimate of drug-likeness (QED) is 0.439. The summed E-state index contributed by atoms with van der Waals surface area (Å²) < 4.78 is 27.7. The van der Waals surface area contributed by atoms with Gasteiger partial charge in [-0.25, -0.2) is 13.6 Å². The first kappa shape index (κ1) is 20.8. The number of imide groups is 1. The second kappa shape index (κ2) is 7.50. The van der Waals surface area contributed by atoms with Crippen LogP contribution in [-0.4, -0.2) is 34.2 Å². The maximum absolute atomic E-state index is 14.2. The summed E-state index contributed by atoms with van der Waals surface area (Å²) in [6, 6.07) is 5.38. The van der Waals surface area contributed by atoms with E-state index in [2.05, 4.69) is 10.6 Å². The average molecular weight is 418 g/mol. The Morgan fingerprint density at radius 2 is 1.93 bits per heavy atom. The van der Waals surface area contributed by atoms with Gasteiger partial charge in [0.15, 0.2) is 0 Å². The number of carbonyl (C=O) groups is 3. The Hall–Kier alpha value is -3.89. The van der Waals surface area contributed by atoms with E-state index in [1.54, 1.807) is 6.92 Å². The van der Waals surface area contributed by atoms with Crippen LogP contribution in [0.1, 0.15) is 18.1 Å². The fraction of sp³-hybridized carbons (Fsp3) is 0.211. The number of urea groups is 1. The number of amides is 4. The number of carbonyl (C=O) groups excluding carboxylic acids is 3. The molecule has 30 heavy (non-hydrogen) atoms. The SMILES string of the molecule is Cc1ccc([N+](=O)[O-])cc1NC(=O)CN1C(=O)NC(C)(c2cc(F)ccc2F)C1=O. The van der Waals surface area contributed by atoms with Crippen molar-refractivity contribution in [3.8, 4) is 0 Å². The Bertz CT molecular complexity index is 1090. The van der Waals surface area contributed by atoms with Crippen LogP contribution in [-0.2, 0) is 15.1 Å². The third-order valence-electron chi connectivity index (χ3n) is 4.75. The lowest BCUT2D eigenvalue weighted by Crippen LogP contribution is -2.42. The van der Waals surface area contributed by atoms with Gasteiger partial charge in [-0.1, -0.05) is 6.07 Å². The van der Waals surface area contributed by atoms with Crippen molar-refractivity contribution in [2.24, 2.45) is 0 Å². The van der Waals surface area contributed by atoms with E-state index in [0.717, 1.165) is 24.3 Å². The Morgan fingerprint density at radius 1 is 1.23 bits per heavy atom. The van der Waals surface area contributed by atoms with Gasteiger partial charge >= 0.3 is 6.03 Å². The van der Waals surface area contributed by atoms with Crippen LogP contribution in [0.5, 0.6) is 0 Å². The first-order valence-electron chi connectivity index (χ1n) is 8.67. The molecule has 1 aliphatic heterocycles. The molecule has 0 aliphatic carbocycles. The molecule has 0 bridgehead atoms. The van der Waals surface area contributed by atoms with E-state index >= 15 is 0 Å². The second-order valence-corrected chi connectivity index (χ2v) is 6.88. The van der Waals surface area contributed by atoms with E-state index in [4.69, 9.17) is 0 Å². The van der Waals surface area contributed by atoms with Crippen LogP contribution < -0.4 is 10.6 Å². The minimum atomic E-state index is -1.90. The van der Waals surface area contributed by atoms with Crippen molar-refractivity contribution < 1.29 is 28.1 Å². The molecule has 1 heterocycles.